The fourth-order valence-electron chi connectivity index (χ4n) is 1.88. The van der Waals surface area contributed by atoms with Crippen LogP contribution in [0.25, 0.3) is 0 Å². The van der Waals surface area contributed by atoms with Crippen molar-refractivity contribution in [1.29, 1.82) is 0 Å². The standard InChI is InChI=1S/C14H29N/c1-5-7-8-9-10-14(15-6-2)12-11-13(3)4/h14-15H,3,5-12H2,1-2,4H3. The summed E-state index contributed by atoms with van der Waals surface area (Å²) >= 11 is 0. The summed E-state index contributed by atoms with van der Waals surface area (Å²) < 4.78 is 0. The minimum Gasteiger partial charge on any atom is -0.314 e. The molecule has 1 unspecified atom stereocenters. The number of unbranched alkanes of at least 4 members (excludes halogenated alkanes) is 3. The van der Waals surface area contributed by atoms with E-state index >= 15 is 0 Å². The van der Waals surface area contributed by atoms with Crippen LogP contribution in [-0.4, -0.2) is 12.6 Å². The van der Waals surface area contributed by atoms with E-state index in [0.717, 1.165) is 6.54 Å². The highest BCUT2D eigenvalue weighted by molar-refractivity contribution is 4.89. The van der Waals surface area contributed by atoms with E-state index in [1.807, 2.05) is 0 Å². The Morgan fingerprint density at radius 2 is 1.87 bits per heavy atom. The van der Waals surface area contributed by atoms with Crippen molar-refractivity contribution in [2.24, 2.45) is 0 Å². The number of nitrogens with one attached hydrogen (secondary N) is 1. The van der Waals surface area contributed by atoms with Gasteiger partial charge in [0.1, 0.15) is 0 Å². The van der Waals surface area contributed by atoms with Gasteiger partial charge < -0.3 is 5.32 Å². The second-order valence-corrected chi connectivity index (χ2v) is 4.60. The predicted molar refractivity (Wildman–Crippen MR) is 70.3 cm³/mol. The molecule has 1 heteroatoms. The first kappa shape index (κ1) is 14.7. The molecule has 0 aromatic rings. The molecule has 0 amide bonds. The molecule has 0 saturated heterocycles. The van der Waals surface area contributed by atoms with E-state index in [0.29, 0.717) is 6.04 Å². The van der Waals surface area contributed by atoms with E-state index in [4.69, 9.17) is 0 Å². The maximum Gasteiger partial charge on any atom is 0.00699 e. The third-order valence-electron chi connectivity index (χ3n) is 2.82. The molecule has 90 valence electrons. The van der Waals surface area contributed by atoms with Gasteiger partial charge in [0.25, 0.3) is 0 Å². The summed E-state index contributed by atoms with van der Waals surface area (Å²) in [7, 11) is 0. The summed E-state index contributed by atoms with van der Waals surface area (Å²) in [4.78, 5) is 0. The Morgan fingerprint density at radius 3 is 2.40 bits per heavy atom. The molecular formula is C14H29N. The molecule has 1 N–H and O–H groups in total. The van der Waals surface area contributed by atoms with Gasteiger partial charge in [-0.05, 0) is 32.7 Å². The predicted octanol–water partition coefficient (Wildman–Crippen LogP) is 4.29. The van der Waals surface area contributed by atoms with E-state index < -0.39 is 0 Å². The highest BCUT2D eigenvalue weighted by Gasteiger charge is 2.06. The fourth-order valence-corrected chi connectivity index (χ4v) is 1.88. The van der Waals surface area contributed by atoms with Crippen molar-refractivity contribution < 1.29 is 0 Å². The second-order valence-electron chi connectivity index (χ2n) is 4.60. The fraction of sp³-hybridized carbons (Fsp3) is 0.857. The highest BCUT2D eigenvalue weighted by atomic mass is 14.9. The Morgan fingerprint density at radius 1 is 1.13 bits per heavy atom. The van der Waals surface area contributed by atoms with E-state index in [9.17, 15) is 0 Å². The van der Waals surface area contributed by atoms with E-state index in [-0.39, 0.29) is 0 Å². The van der Waals surface area contributed by atoms with Crippen LogP contribution in [0.3, 0.4) is 0 Å². The summed E-state index contributed by atoms with van der Waals surface area (Å²) in [5.74, 6) is 0. The summed E-state index contributed by atoms with van der Waals surface area (Å²) in [6.07, 6.45) is 9.26. The molecule has 15 heavy (non-hydrogen) atoms. The van der Waals surface area contributed by atoms with Crippen LogP contribution in [0.1, 0.15) is 65.7 Å². The maximum atomic E-state index is 3.97. The molecule has 0 aromatic carbocycles. The molecule has 0 fully saturated rings. The molecule has 0 aromatic heterocycles. The van der Waals surface area contributed by atoms with Crippen molar-refractivity contribution in [1.82, 2.24) is 5.32 Å². The molecule has 0 aliphatic rings. The first-order valence-corrected chi connectivity index (χ1v) is 6.58. The number of hydrogen-bond acceptors (Lipinski definition) is 1. The molecule has 0 spiro atoms. The van der Waals surface area contributed by atoms with Crippen LogP contribution in [0, 0.1) is 0 Å². The van der Waals surface area contributed by atoms with Crippen LogP contribution >= 0.6 is 0 Å². The van der Waals surface area contributed by atoms with E-state index in [2.05, 4.69) is 32.7 Å². The van der Waals surface area contributed by atoms with Gasteiger partial charge in [0.15, 0.2) is 0 Å². The Balaban J connectivity index is 3.57. The van der Waals surface area contributed by atoms with Gasteiger partial charge in [0, 0.05) is 6.04 Å². The van der Waals surface area contributed by atoms with Crippen LogP contribution in [-0.2, 0) is 0 Å². The molecule has 0 bridgehead atoms. The Kier molecular flexibility index (Phi) is 10.0. The SMILES string of the molecule is C=C(C)CCC(CCCCCC)NCC. The van der Waals surface area contributed by atoms with Crippen LogP contribution in [0.4, 0.5) is 0 Å². The summed E-state index contributed by atoms with van der Waals surface area (Å²) in [5, 5.41) is 3.57. The molecule has 0 saturated carbocycles. The quantitative estimate of drug-likeness (QED) is 0.420. The lowest BCUT2D eigenvalue weighted by Crippen LogP contribution is -2.28. The van der Waals surface area contributed by atoms with Gasteiger partial charge in [-0.25, -0.2) is 0 Å². The lowest BCUT2D eigenvalue weighted by atomic mass is 10.0. The molecule has 0 aliphatic carbocycles. The first-order valence-electron chi connectivity index (χ1n) is 6.58. The van der Waals surface area contributed by atoms with Crippen molar-refractivity contribution in [2.45, 2.75) is 71.8 Å². The van der Waals surface area contributed by atoms with Gasteiger partial charge in [-0.1, -0.05) is 45.1 Å². The van der Waals surface area contributed by atoms with E-state index in [1.165, 1.54) is 50.5 Å². The molecule has 0 rings (SSSR count). The molecule has 1 nitrogen and oxygen atoms in total. The van der Waals surface area contributed by atoms with Gasteiger partial charge >= 0.3 is 0 Å². The largest absolute Gasteiger partial charge is 0.314 e. The zero-order valence-electron chi connectivity index (χ0n) is 10.9. The monoisotopic (exact) mass is 211 g/mol. The molecule has 0 aliphatic heterocycles. The normalized spacial score (nSPS) is 12.7. The van der Waals surface area contributed by atoms with Crippen LogP contribution < -0.4 is 5.32 Å². The Bertz CT molecular complexity index is 151. The van der Waals surface area contributed by atoms with Gasteiger partial charge in [-0.15, -0.1) is 6.58 Å². The smallest absolute Gasteiger partial charge is 0.00699 e. The van der Waals surface area contributed by atoms with Gasteiger partial charge in [0.2, 0.25) is 0 Å². The molecular weight excluding hydrogens is 182 g/mol. The van der Waals surface area contributed by atoms with Gasteiger partial charge in [-0.3, -0.25) is 0 Å². The van der Waals surface area contributed by atoms with Crippen LogP contribution in [0.5, 0.6) is 0 Å². The number of hydrogen-bond donors (Lipinski definition) is 1. The van der Waals surface area contributed by atoms with Gasteiger partial charge in [-0.2, -0.15) is 0 Å². The van der Waals surface area contributed by atoms with Crippen molar-refractivity contribution in [2.75, 3.05) is 6.54 Å². The lowest BCUT2D eigenvalue weighted by Gasteiger charge is -2.17. The maximum absolute atomic E-state index is 3.97. The topological polar surface area (TPSA) is 12.0 Å². The van der Waals surface area contributed by atoms with Crippen molar-refractivity contribution in [3.05, 3.63) is 12.2 Å². The van der Waals surface area contributed by atoms with Gasteiger partial charge in [0.05, 0.1) is 0 Å². The molecule has 1 atom stereocenters. The third-order valence-corrected chi connectivity index (χ3v) is 2.82. The second kappa shape index (κ2) is 10.2. The summed E-state index contributed by atoms with van der Waals surface area (Å²) in [6.45, 7) is 11.6. The van der Waals surface area contributed by atoms with E-state index in [1.54, 1.807) is 0 Å². The third kappa shape index (κ3) is 9.99. The average Bonchev–Trinajstić information content (AvgIpc) is 2.20. The highest BCUT2D eigenvalue weighted by Crippen LogP contribution is 2.12. The zero-order valence-corrected chi connectivity index (χ0v) is 10.9. The molecule has 0 radical (unpaired) electrons. The zero-order chi connectivity index (χ0) is 11.5. The number of allylic oxidation sites excluding steroid dienone is 1. The number of rotatable bonds is 10. The lowest BCUT2D eigenvalue weighted by molar-refractivity contribution is 0.441. The first-order chi connectivity index (χ1) is 7.20. The van der Waals surface area contributed by atoms with Crippen molar-refractivity contribution in [3.63, 3.8) is 0 Å². The Labute approximate surface area is 96.3 Å². The summed E-state index contributed by atoms with van der Waals surface area (Å²) in [5.41, 5.74) is 1.31. The molecule has 0 heterocycles. The van der Waals surface area contributed by atoms with Crippen molar-refractivity contribution in [3.8, 4) is 0 Å². The van der Waals surface area contributed by atoms with Crippen molar-refractivity contribution >= 4 is 0 Å². The summed E-state index contributed by atoms with van der Waals surface area (Å²) in [6, 6.07) is 0.712. The van der Waals surface area contributed by atoms with Crippen LogP contribution in [0.2, 0.25) is 0 Å². The Hall–Kier alpha value is -0.300. The minimum atomic E-state index is 0.712. The average molecular weight is 211 g/mol. The van der Waals surface area contributed by atoms with Crippen LogP contribution in [0.15, 0.2) is 12.2 Å². The minimum absolute atomic E-state index is 0.712.